The summed E-state index contributed by atoms with van der Waals surface area (Å²) in [5.74, 6) is -0.565. The van der Waals surface area contributed by atoms with Gasteiger partial charge in [0.05, 0.1) is 4.34 Å². The van der Waals surface area contributed by atoms with Gasteiger partial charge in [-0.1, -0.05) is 11.6 Å². The molecule has 0 bridgehead atoms. The standard InChI is InChI=1S/C13H13ClN2O2S/c1-8-2-4-10(13(17)18)12(16-8)15-7-6-9-3-5-11(14)19-9/h2-5H,6-7H2,1H3,(H,15,16)(H,17,18). The first-order valence-electron chi connectivity index (χ1n) is 5.75. The van der Waals surface area contributed by atoms with Gasteiger partial charge in [-0.25, -0.2) is 9.78 Å². The molecule has 2 N–H and O–H groups in total. The van der Waals surface area contributed by atoms with Crippen LogP contribution in [-0.2, 0) is 6.42 Å². The smallest absolute Gasteiger partial charge is 0.339 e. The number of carboxylic acids is 1. The molecule has 0 aromatic carbocycles. The maximum absolute atomic E-state index is 11.1. The average molecular weight is 297 g/mol. The van der Waals surface area contributed by atoms with Gasteiger partial charge < -0.3 is 10.4 Å². The highest BCUT2D eigenvalue weighted by Gasteiger charge is 2.11. The van der Waals surface area contributed by atoms with E-state index in [-0.39, 0.29) is 5.56 Å². The van der Waals surface area contributed by atoms with Gasteiger partial charge in [-0.15, -0.1) is 11.3 Å². The number of halogens is 1. The summed E-state index contributed by atoms with van der Waals surface area (Å²) in [6.07, 6.45) is 0.784. The molecule has 2 aromatic rings. The van der Waals surface area contributed by atoms with Crippen molar-refractivity contribution in [1.29, 1.82) is 0 Å². The van der Waals surface area contributed by atoms with E-state index in [1.165, 1.54) is 11.3 Å². The fourth-order valence-corrected chi connectivity index (χ4v) is 2.74. The predicted molar refractivity (Wildman–Crippen MR) is 77.5 cm³/mol. The Labute approximate surface area is 120 Å². The Morgan fingerprint density at radius 1 is 1.42 bits per heavy atom. The van der Waals surface area contributed by atoms with Gasteiger partial charge in [-0.2, -0.15) is 0 Å². The molecule has 0 aliphatic heterocycles. The van der Waals surface area contributed by atoms with E-state index >= 15 is 0 Å². The largest absolute Gasteiger partial charge is 0.478 e. The number of hydrogen-bond donors (Lipinski definition) is 2. The number of anilines is 1. The highest BCUT2D eigenvalue weighted by atomic mass is 35.5. The third-order valence-corrected chi connectivity index (χ3v) is 3.85. The second-order valence-electron chi connectivity index (χ2n) is 4.04. The van der Waals surface area contributed by atoms with Gasteiger partial charge in [-0.3, -0.25) is 0 Å². The number of carbonyl (C=O) groups is 1. The highest BCUT2D eigenvalue weighted by Crippen LogP contribution is 2.22. The maximum Gasteiger partial charge on any atom is 0.339 e. The molecule has 19 heavy (non-hydrogen) atoms. The summed E-state index contributed by atoms with van der Waals surface area (Å²) in [5, 5.41) is 12.1. The van der Waals surface area contributed by atoms with E-state index in [2.05, 4.69) is 10.3 Å². The zero-order valence-electron chi connectivity index (χ0n) is 10.3. The van der Waals surface area contributed by atoms with Crippen LogP contribution in [0.4, 0.5) is 5.82 Å². The molecule has 0 amide bonds. The van der Waals surface area contributed by atoms with Crippen molar-refractivity contribution in [1.82, 2.24) is 4.98 Å². The first kappa shape index (κ1) is 13.8. The van der Waals surface area contributed by atoms with E-state index in [0.717, 1.165) is 21.3 Å². The van der Waals surface area contributed by atoms with Crippen molar-refractivity contribution in [3.8, 4) is 0 Å². The molecule has 6 heteroatoms. The van der Waals surface area contributed by atoms with Gasteiger partial charge in [0.15, 0.2) is 0 Å². The lowest BCUT2D eigenvalue weighted by Gasteiger charge is -2.08. The van der Waals surface area contributed by atoms with Gasteiger partial charge in [-0.05, 0) is 37.6 Å². The number of carboxylic acid groups (broad SMARTS) is 1. The number of aromatic carboxylic acids is 1. The Balaban J connectivity index is 2.02. The molecular weight excluding hydrogens is 284 g/mol. The monoisotopic (exact) mass is 296 g/mol. The topological polar surface area (TPSA) is 62.2 Å². The van der Waals surface area contributed by atoms with E-state index < -0.39 is 5.97 Å². The first-order valence-corrected chi connectivity index (χ1v) is 6.95. The fourth-order valence-electron chi connectivity index (χ4n) is 1.65. The Bertz CT molecular complexity index is 598. The third kappa shape index (κ3) is 3.68. The number of aryl methyl sites for hydroxylation is 1. The van der Waals surface area contributed by atoms with E-state index in [1.54, 1.807) is 12.1 Å². The number of thiophene rings is 1. The maximum atomic E-state index is 11.1. The molecule has 0 spiro atoms. The summed E-state index contributed by atoms with van der Waals surface area (Å²) in [7, 11) is 0. The summed E-state index contributed by atoms with van der Waals surface area (Å²) in [6.45, 7) is 2.45. The Morgan fingerprint density at radius 3 is 2.84 bits per heavy atom. The first-order chi connectivity index (χ1) is 9.06. The van der Waals surface area contributed by atoms with Crippen LogP contribution in [0.1, 0.15) is 20.9 Å². The Hall–Kier alpha value is -1.59. The average Bonchev–Trinajstić information content (AvgIpc) is 2.75. The SMILES string of the molecule is Cc1ccc(C(=O)O)c(NCCc2ccc(Cl)s2)n1. The molecule has 2 heterocycles. The molecule has 100 valence electrons. The molecule has 0 saturated heterocycles. The molecule has 4 nitrogen and oxygen atoms in total. The van der Waals surface area contributed by atoms with Crippen LogP contribution in [0.2, 0.25) is 4.34 Å². The summed E-state index contributed by atoms with van der Waals surface area (Å²) in [4.78, 5) is 16.4. The molecular formula is C13H13ClN2O2S. The molecule has 2 aromatic heterocycles. The van der Waals surface area contributed by atoms with Crippen LogP contribution in [0.3, 0.4) is 0 Å². The fraction of sp³-hybridized carbons (Fsp3) is 0.231. The molecule has 0 saturated carbocycles. The van der Waals surface area contributed by atoms with Crippen LogP contribution in [0.15, 0.2) is 24.3 Å². The predicted octanol–water partition coefficient (Wildman–Crippen LogP) is 3.46. The van der Waals surface area contributed by atoms with Crippen molar-refractivity contribution in [3.63, 3.8) is 0 Å². The van der Waals surface area contributed by atoms with Gasteiger partial charge in [0.25, 0.3) is 0 Å². The van der Waals surface area contributed by atoms with Crippen molar-refractivity contribution in [2.45, 2.75) is 13.3 Å². The number of rotatable bonds is 5. The molecule has 2 rings (SSSR count). The van der Waals surface area contributed by atoms with Crippen molar-refractivity contribution < 1.29 is 9.90 Å². The molecule has 0 aliphatic carbocycles. The number of aromatic nitrogens is 1. The Kier molecular flexibility index (Phi) is 4.39. The normalized spacial score (nSPS) is 10.4. The number of pyridine rings is 1. The molecule has 0 aliphatic rings. The van der Waals surface area contributed by atoms with Crippen LogP contribution in [-0.4, -0.2) is 22.6 Å². The van der Waals surface area contributed by atoms with Gasteiger partial charge in [0.2, 0.25) is 0 Å². The van der Waals surface area contributed by atoms with E-state index in [4.69, 9.17) is 16.7 Å². The summed E-state index contributed by atoms with van der Waals surface area (Å²) in [6, 6.07) is 7.08. The molecule has 0 radical (unpaired) electrons. The zero-order chi connectivity index (χ0) is 13.8. The van der Waals surface area contributed by atoms with Crippen molar-refractivity contribution in [2.24, 2.45) is 0 Å². The second kappa shape index (κ2) is 6.04. The van der Waals surface area contributed by atoms with Crippen LogP contribution in [0, 0.1) is 6.92 Å². The van der Waals surface area contributed by atoms with Crippen molar-refractivity contribution in [3.05, 3.63) is 44.7 Å². The van der Waals surface area contributed by atoms with E-state index in [1.807, 2.05) is 19.1 Å². The van der Waals surface area contributed by atoms with Gasteiger partial charge in [0.1, 0.15) is 11.4 Å². The van der Waals surface area contributed by atoms with Crippen LogP contribution >= 0.6 is 22.9 Å². The molecule has 0 unspecified atom stereocenters. The lowest BCUT2D eigenvalue weighted by molar-refractivity contribution is 0.0697. The number of nitrogens with one attached hydrogen (secondary N) is 1. The molecule has 0 fully saturated rings. The van der Waals surface area contributed by atoms with Crippen molar-refractivity contribution in [2.75, 3.05) is 11.9 Å². The van der Waals surface area contributed by atoms with Gasteiger partial charge in [0, 0.05) is 17.1 Å². The van der Waals surface area contributed by atoms with Crippen LogP contribution in [0.25, 0.3) is 0 Å². The lowest BCUT2D eigenvalue weighted by Crippen LogP contribution is -2.11. The van der Waals surface area contributed by atoms with Gasteiger partial charge >= 0.3 is 5.97 Å². The quantitative estimate of drug-likeness (QED) is 0.887. The molecule has 0 atom stereocenters. The second-order valence-corrected chi connectivity index (χ2v) is 5.84. The van der Waals surface area contributed by atoms with E-state index in [0.29, 0.717) is 12.4 Å². The lowest BCUT2D eigenvalue weighted by atomic mass is 10.2. The number of hydrogen-bond acceptors (Lipinski definition) is 4. The highest BCUT2D eigenvalue weighted by molar-refractivity contribution is 7.16. The summed E-state index contributed by atoms with van der Waals surface area (Å²) < 4.78 is 0.759. The van der Waals surface area contributed by atoms with Crippen LogP contribution in [0.5, 0.6) is 0 Å². The summed E-state index contributed by atoms with van der Waals surface area (Å²) >= 11 is 7.38. The summed E-state index contributed by atoms with van der Waals surface area (Å²) in [5.41, 5.74) is 0.974. The van der Waals surface area contributed by atoms with E-state index in [9.17, 15) is 4.79 Å². The Morgan fingerprint density at radius 2 is 2.21 bits per heavy atom. The number of nitrogens with zero attached hydrogens (tertiary/aromatic N) is 1. The van der Waals surface area contributed by atoms with Crippen molar-refractivity contribution >= 4 is 34.7 Å². The minimum absolute atomic E-state index is 0.190. The zero-order valence-corrected chi connectivity index (χ0v) is 11.9. The minimum atomic E-state index is -0.978. The third-order valence-electron chi connectivity index (χ3n) is 2.56. The van der Waals surface area contributed by atoms with Crippen LogP contribution < -0.4 is 5.32 Å². The minimum Gasteiger partial charge on any atom is -0.478 e.